The number of hydrogen-bond donors (Lipinski definition) is 1. The fraction of sp³-hybridized carbons (Fsp3) is 0.429. The van der Waals surface area contributed by atoms with Crippen molar-refractivity contribution >= 4 is 24.8 Å². The highest BCUT2D eigenvalue weighted by Gasteiger charge is 2.03. The first-order chi connectivity index (χ1) is 4.72. The van der Waals surface area contributed by atoms with Gasteiger partial charge in [-0.15, -0.1) is 24.8 Å². The number of aryl methyl sites for hydroxylation is 1. The van der Waals surface area contributed by atoms with Gasteiger partial charge in [0.05, 0.1) is 11.4 Å². The molecular formula is C7H13Cl2N3. The molecule has 3 nitrogen and oxygen atoms in total. The Morgan fingerprint density at radius 2 is 1.75 bits per heavy atom. The van der Waals surface area contributed by atoms with Gasteiger partial charge in [0.1, 0.15) is 0 Å². The van der Waals surface area contributed by atoms with Crippen LogP contribution in [0.3, 0.4) is 0 Å². The number of rotatable bonds is 1. The highest BCUT2D eigenvalue weighted by Crippen LogP contribution is 2.07. The first kappa shape index (κ1) is 14.2. The predicted octanol–water partition coefficient (Wildman–Crippen LogP) is 1.65. The maximum atomic E-state index is 5.61. The van der Waals surface area contributed by atoms with Gasteiger partial charge in [-0.3, -0.25) is 9.97 Å². The summed E-state index contributed by atoms with van der Waals surface area (Å²) in [6.07, 6.45) is 3.33. The van der Waals surface area contributed by atoms with Crippen molar-refractivity contribution in [2.45, 2.75) is 19.9 Å². The highest BCUT2D eigenvalue weighted by atomic mass is 35.5. The van der Waals surface area contributed by atoms with Gasteiger partial charge in [0.15, 0.2) is 0 Å². The van der Waals surface area contributed by atoms with E-state index in [0.29, 0.717) is 0 Å². The number of aromatic nitrogens is 2. The minimum atomic E-state index is -0.0197. The molecule has 0 bridgehead atoms. The molecule has 0 aliphatic heterocycles. The van der Waals surface area contributed by atoms with Crippen LogP contribution < -0.4 is 5.73 Å². The summed E-state index contributed by atoms with van der Waals surface area (Å²) in [6.45, 7) is 3.81. The SMILES string of the molecule is Cc1nccnc1[C@@H](C)N.Cl.Cl. The van der Waals surface area contributed by atoms with Crippen molar-refractivity contribution in [3.05, 3.63) is 23.8 Å². The van der Waals surface area contributed by atoms with Crippen LogP contribution in [-0.4, -0.2) is 9.97 Å². The van der Waals surface area contributed by atoms with E-state index in [1.807, 2.05) is 13.8 Å². The minimum absolute atomic E-state index is 0. The van der Waals surface area contributed by atoms with Crippen molar-refractivity contribution < 1.29 is 0 Å². The van der Waals surface area contributed by atoms with Crippen LogP contribution >= 0.6 is 24.8 Å². The van der Waals surface area contributed by atoms with Crippen molar-refractivity contribution in [2.24, 2.45) is 5.73 Å². The van der Waals surface area contributed by atoms with E-state index in [2.05, 4.69) is 9.97 Å². The van der Waals surface area contributed by atoms with Crippen LogP contribution in [0.15, 0.2) is 12.4 Å². The molecule has 70 valence electrons. The Morgan fingerprint density at radius 3 is 2.08 bits per heavy atom. The van der Waals surface area contributed by atoms with Gasteiger partial charge in [-0.2, -0.15) is 0 Å². The average Bonchev–Trinajstić information content (AvgIpc) is 1.88. The van der Waals surface area contributed by atoms with Crippen LogP contribution in [-0.2, 0) is 0 Å². The van der Waals surface area contributed by atoms with Crippen LogP contribution in [0.4, 0.5) is 0 Å². The maximum absolute atomic E-state index is 5.61. The molecule has 0 saturated heterocycles. The quantitative estimate of drug-likeness (QED) is 0.766. The first-order valence-electron chi connectivity index (χ1n) is 3.25. The molecule has 1 aromatic heterocycles. The summed E-state index contributed by atoms with van der Waals surface area (Å²) < 4.78 is 0. The smallest absolute Gasteiger partial charge is 0.0780 e. The summed E-state index contributed by atoms with van der Waals surface area (Å²) in [5, 5.41) is 0. The van der Waals surface area contributed by atoms with E-state index in [9.17, 15) is 0 Å². The number of hydrogen-bond acceptors (Lipinski definition) is 3. The van der Waals surface area contributed by atoms with E-state index in [0.717, 1.165) is 11.4 Å². The first-order valence-corrected chi connectivity index (χ1v) is 3.25. The third kappa shape index (κ3) is 3.34. The second-order valence-electron chi connectivity index (χ2n) is 2.32. The van der Waals surface area contributed by atoms with Gasteiger partial charge in [0.2, 0.25) is 0 Å². The molecule has 12 heavy (non-hydrogen) atoms. The van der Waals surface area contributed by atoms with Crippen molar-refractivity contribution in [1.82, 2.24) is 9.97 Å². The Labute approximate surface area is 84.6 Å². The Balaban J connectivity index is 0. The lowest BCUT2D eigenvalue weighted by molar-refractivity contribution is 0.759. The molecule has 5 heteroatoms. The molecule has 1 heterocycles. The summed E-state index contributed by atoms with van der Waals surface area (Å²) in [6, 6.07) is -0.0197. The Bertz CT molecular complexity index is 228. The molecule has 0 aliphatic carbocycles. The molecule has 1 atom stereocenters. The van der Waals surface area contributed by atoms with Gasteiger partial charge in [-0.25, -0.2) is 0 Å². The second-order valence-corrected chi connectivity index (χ2v) is 2.32. The highest BCUT2D eigenvalue weighted by molar-refractivity contribution is 5.85. The zero-order valence-corrected chi connectivity index (χ0v) is 8.65. The van der Waals surface area contributed by atoms with Gasteiger partial charge in [-0.05, 0) is 13.8 Å². The van der Waals surface area contributed by atoms with Crippen molar-refractivity contribution in [3.63, 3.8) is 0 Å². The zero-order valence-electron chi connectivity index (χ0n) is 7.02. The summed E-state index contributed by atoms with van der Waals surface area (Å²) >= 11 is 0. The van der Waals surface area contributed by atoms with Gasteiger partial charge in [0.25, 0.3) is 0 Å². The van der Waals surface area contributed by atoms with Gasteiger partial charge in [-0.1, -0.05) is 0 Å². The fourth-order valence-electron chi connectivity index (χ4n) is 0.865. The third-order valence-corrected chi connectivity index (χ3v) is 1.35. The largest absolute Gasteiger partial charge is 0.323 e. The fourth-order valence-corrected chi connectivity index (χ4v) is 0.865. The van der Waals surface area contributed by atoms with Crippen LogP contribution in [0.25, 0.3) is 0 Å². The Morgan fingerprint density at radius 1 is 1.25 bits per heavy atom. The Kier molecular flexibility index (Phi) is 7.28. The lowest BCUT2D eigenvalue weighted by Crippen LogP contribution is -2.09. The van der Waals surface area contributed by atoms with Gasteiger partial charge >= 0.3 is 0 Å². The van der Waals surface area contributed by atoms with Gasteiger partial charge in [0, 0.05) is 18.4 Å². The predicted molar refractivity (Wildman–Crippen MR) is 53.9 cm³/mol. The van der Waals surface area contributed by atoms with E-state index in [4.69, 9.17) is 5.73 Å². The average molecular weight is 210 g/mol. The molecule has 1 rings (SSSR count). The normalized spacial score (nSPS) is 10.9. The van der Waals surface area contributed by atoms with Crippen LogP contribution in [0.5, 0.6) is 0 Å². The van der Waals surface area contributed by atoms with Crippen LogP contribution in [0.2, 0.25) is 0 Å². The van der Waals surface area contributed by atoms with E-state index < -0.39 is 0 Å². The molecule has 0 saturated carbocycles. The van der Waals surface area contributed by atoms with E-state index in [1.165, 1.54) is 0 Å². The van der Waals surface area contributed by atoms with Crippen molar-refractivity contribution in [3.8, 4) is 0 Å². The van der Waals surface area contributed by atoms with E-state index in [-0.39, 0.29) is 30.9 Å². The van der Waals surface area contributed by atoms with Crippen LogP contribution in [0, 0.1) is 6.92 Å². The lowest BCUT2D eigenvalue weighted by Gasteiger charge is -2.05. The molecule has 0 spiro atoms. The summed E-state index contributed by atoms with van der Waals surface area (Å²) in [5.41, 5.74) is 7.40. The molecule has 0 aromatic carbocycles. The number of halogens is 2. The van der Waals surface area contributed by atoms with E-state index in [1.54, 1.807) is 12.4 Å². The standard InChI is InChI=1S/C7H11N3.2ClH/c1-5(8)7-6(2)9-3-4-10-7;;/h3-5H,8H2,1-2H3;2*1H/t5-;;/m1../s1. The lowest BCUT2D eigenvalue weighted by atomic mass is 10.2. The molecule has 0 unspecified atom stereocenters. The topological polar surface area (TPSA) is 51.8 Å². The van der Waals surface area contributed by atoms with Crippen molar-refractivity contribution in [1.29, 1.82) is 0 Å². The summed E-state index contributed by atoms with van der Waals surface area (Å²) in [5.74, 6) is 0. The summed E-state index contributed by atoms with van der Waals surface area (Å²) in [7, 11) is 0. The van der Waals surface area contributed by atoms with Gasteiger partial charge < -0.3 is 5.73 Å². The summed E-state index contributed by atoms with van der Waals surface area (Å²) in [4.78, 5) is 8.15. The molecule has 0 radical (unpaired) electrons. The number of nitrogens with zero attached hydrogens (tertiary/aromatic N) is 2. The van der Waals surface area contributed by atoms with Crippen LogP contribution in [0.1, 0.15) is 24.4 Å². The second kappa shape index (κ2) is 6.17. The molecule has 0 amide bonds. The van der Waals surface area contributed by atoms with E-state index >= 15 is 0 Å². The molecular weight excluding hydrogens is 197 g/mol. The zero-order chi connectivity index (χ0) is 7.56. The number of nitrogens with two attached hydrogens (primary N) is 1. The monoisotopic (exact) mass is 209 g/mol. The molecule has 0 aliphatic rings. The molecule has 1 aromatic rings. The molecule has 2 N–H and O–H groups in total. The van der Waals surface area contributed by atoms with Crippen molar-refractivity contribution in [2.75, 3.05) is 0 Å². The molecule has 0 fully saturated rings. The Hall–Kier alpha value is -0.380. The maximum Gasteiger partial charge on any atom is 0.0780 e. The third-order valence-electron chi connectivity index (χ3n) is 1.35. The minimum Gasteiger partial charge on any atom is -0.323 e.